The molecule has 1 amide bonds. The van der Waals surface area contributed by atoms with Crippen LogP contribution in [0.1, 0.15) is 10.4 Å². The number of hydrogen-bond donors (Lipinski definition) is 1. The van der Waals surface area contributed by atoms with Crippen LogP contribution in [0.3, 0.4) is 0 Å². The molecule has 0 spiro atoms. The molecule has 7 nitrogen and oxygen atoms in total. The van der Waals surface area contributed by atoms with E-state index in [-0.39, 0.29) is 24.1 Å². The zero-order valence-electron chi connectivity index (χ0n) is 14.5. The van der Waals surface area contributed by atoms with E-state index in [0.717, 1.165) is 10.6 Å². The number of para-hydroxylation sites is 3. The van der Waals surface area contributed by atoms with Gasteiger partial charge in [-0.05, 0) is 24.3 Å². The van der Waals surface area contributed by atoms with Crippen LogP contribution in [-0.4, -0.2) is 46.9 Å². The van der Waals surface area contributed by atoms with Crippen molar-refractivity contribution >= 4 is 21.6 Å². The minimum absolute atomic E-state index is 0.240. The summed E-state index contributed by atoms with van der Waals surface area (Å²) in [5.74, 6) is 0.934. The molecule has 1 aliphatic heterocycles. The summed E-state index contributed by atoms with van der Waals surface area (Å²) in [6.45, 7) is 0.562. The van der Waals surface area contributed by atoms with Gasteiger partial charge in [0, 0.05) is 7.05 Å². The maximum Gasteiger partial charge on any atom is 0.253 e. The quantitative estimate of drug-likeness (QED) is 0.858. The molecule has 2 aromatic carbocycles. The van der Waals surface area contributed by atoms with Crippen molar-refractivity contribution in [1.82, 2.24) is 5.32 Å². The van der Waals surface area contributed by atoms with Crippen LogP contribution >= 0.6 is 0 Å². The van der Waals surface area contributed by atoms with E-state index in [1.165, 1.54) is 7.05 Å². The number of carbonyl (C=O) groups is 1. The van der Waals surface area contributed by atoms with Crippen LogP contribution < -0.4 is 19.1 Å². The zero-order valence-corrected chi connectivity index (χ0v) is 15.3. The maximum absolute atomic E-state index is 12.6. The molecular weight excluding hydrogens is 356 g/mol. The molecule has 2 aromatic rings. The Morgan fingerprint density at radius 2 is 1.81 bits per heavy atom. The van der Waals surface area contributed by atoms with Gasteiger partial charge in [0.25, 0.3) is 5.91 Å². The van der Waals surface area contributed by atoms with E-state index < -0.39 is 10.0 Å². The van der Waals surface area contributed by atoms with Crippen LogP contribution in [0.25, 0.3) is 0 Å². The first-order chi connectivity index (χ1) is 12.4. The Labute approximate surface area is 152 Å². The first-order valence-corrected chi connectivity index (χ1v) is 9.90. The van der Waals surface area contributed by atoms with Gasteiger partial charge in [-0.15, -0.1) is 0 Å². The molecule has 0 fully saturated rings. The number of rotatable bonds is 5. The van der Waals surface area contributed by atoms with E-state index in [2.05, 4.69) is 5.32 Å². The van der Waals surface area contributed by atoms with E-state index >= 15 is 0 Å². The Kier molecular flexibility index (Phi) is 5.03. The minimum atomic E-state index is -3.47. The van der Waals surface area contributed by atoms with Crippen molar-refractivity contribution in [2.24, 2.45) is 0 Å². The number of sulfonamides is 1. The first kappa shape index (κ1) is 18.1. The number of nitrogens with one attached hydrogen (secondary N) is 1. The molecule has 1 N–H and O–H groups in total. The number of fused-ring (bicyclic) bond motifs is 1. The molecule has 26 heavy (non-hydrogen) atoms. The molecule has 0 bridgehead atoms. The van der Waals surface area contributed by atoms with Crippen molar-refractivity contribution in [1.29, 1.82) is 0 Å². The molecule has 1 heterocycles. The van der Waals surface area contributed by atoms with Crippen molar-refractivity contribution in [3.63, 3.8) is 0 Å². The van der Waals surface area contributed by atoms with E-state index in [0.29, 0.717) is 23.8 Å². The van der Waals surface area contributed by atoms with Crippen LogP contribution in [-0.2, 0) is 10.0 Å². The van der Waals surface area contributed by atoms with E-state index in [4.69, 9.17) is 9.47 Å². The van der Waals surface area contributed by atoms with E-state index in [9.17, 15) is 13.2 Å². The lowest BCUT2D eigenvalue weighted by Crippen LogP contribution is -2.41. The van der Waals surface area contributed by atoms with Crippen LogP contribution in [0.4, 0.5) is 5.69 Å². The molecule has 0 aliphatic carbocycles. The highest BCUT2D eigenvalue weighted by Gasteiger charge is 2.23. The standard InChI is InChI=1S/C18H20N2O5S/c1-20(26(2,22)23)15-8-4-3-7-14(15)18(21)19-11-13-12-24-16-9-5-6-10-17(16)25-13/h3-10,13H,11-12H2,1-2H3,(H,19,21)/t13-/m0/s1. The van der Waals surface area contributed by atoms with Gasteiger partial charge in [-0.25, -0.2) is 8.42 Å². The lowest BCUT2D eigenvalue weighted by Gasteiger charge is -2.26. The fourth-order valence-electron chi connectivity index (χ4n) is 2.58. The highest BCUT2D eigenvalue weighted by molar-refractivity contribution is 7.92. The molecule has 3 rings (SSSR count). The highest BCUT2D eigenvalue weighted by Crippen LogP contribution is 2.30. The summed E-state index contributed by atoms with van der Waals surface area (Å²) in [5, 5.41) is 2.78. The Hall–Kier alpha value is -2.74. The monoisotopic (exact) mass is 376 g/mol. The fourth-order valence-corrected chi connectivity index (χ4v) is 3.10. The smallest absolute Gasteiger partial charge is 0.253 e. The van der Waals surface area contributed by atoms with Crippen molar-refractivity contribution < 1.29 is 22.7 Å². The summed E-state index contributed by atoms with van der Waals surface area (Å²) >= 11 is 0. The second-order valence-electron chi connectivity index (χ2n) is 5.96. The normalized spacial score (nSPS) is 16.0. The van der Waals surface area contributed by atoms with Gasteiger partial charge in [0.15, 0.2) is 11.5 Å². The topological polar surface area (TPSA) is 84.9 Å². The molecule has 1 aliphatic rings. The van der Waals surface area contributed by atoms with Crippen molar-refractivity contribution in [2.45, 2.75) is 6.10 Å². The summed E-state index contributed by atoms with van der Waals surface area (Å²) in [6, 6.07) is 13.9. The summed E-state index contributed by atoms with van der Waals surface area (Å²) in [6.07, 6.45) is 0.764. The number of ether oxygens (including phenoxy) is 2. The summed E-state index contributed by atoms with van der Waals surface area (Å²) in [4.78, 5) is 12.6. The van der Waals surface area contributed by atoms with Crippen LogP contribution in [0, 0.1) is 0 Å². The van der Waals surface area contributed by atoms with E-state index in [1.807, 2.05) is 18.2 Å². The minimum Gasteiger partial charge on any atom is -0.486 e. The third-order valence-electron chi connectivity index (χ3n) is 4.04. The SMILES string of the molecule is CN(c1ccccc1C(=O)NC[C@H]1COc2ccccc2O1)S(C)(=O)=O. The second kappa shape index (κ2) is 7.25. The van der Waals surface area contributed by atoms with Gasteiger partial charge in [-0.2, -0.15) is 0 Å². The maximum atomic E-state index is 12.6. The molecule has 0 radical (unpaired) electrons. The molecule has 0 saturated heterocycles. The van der Waals surface area contributed by atoms with Crippen LogP contribution in [0.5, 0.6) is 11.5 Å². The Morgan fingerprint density at radius 3 is 2.54 bits per heavy atom. The van der Waals surface area contributed by atoms with Gasteiger partial charge in [-0.3, -0.25) is 9.10 Å². The van der Waals surface area contributed by atoms with E-state index in [1.54, 1.807) is 30.3 Å². The van der Waals surface area contributed by atoms with Gasteiger partial charge in [0.1, 0.15) is 12.7 Å². The number of anilines is 1. The number of nitrogens with zero attached hydrogens (tertiary/aromatic N) is 1. The Bertz CT molecular complexity index is 913. The van der Waals surface area contributed by atoms with Gasteiger partial charge in [0.05, 0.1) is 24.1 Å². The number of hydrogen-bond acceptors (Lipinski definition) is 5. The molecule has 0 saturated carbocycles. The third kappa shape index (κ3) is 3.91. The van der Waals surface area contributed by atoms with Gasteiger partial charge in [0.2, 0.25) is 10.0 Å². The fraction of sp³-hybridized carbons (Fsp3) is 0.278. The molecule has 1 atom stereocenters. The predicted molar refractivity (Wildman–Crippen MR) is 98.4 cm³/mol. The largest absolute Gasteiger partial charge is 0.486 e. The van der Waals surface area contributed by atoms with Crippen LogP contribution in [0.15, 0.2) is 48.5 Å². The number of amides is 1. The van der Waals surface area contributed by atoms with Gasteiger partial charge >= 0.3 is 0 Å². The van der Waals surface area contributed by atoms with Gasteiger partial charge in [-0.1, -0.05) is 24.3 Å². The van der Waals surface area contributed by atoms with Crippen molar-refractivity contribution in [2.75, 3.05) is 30.8 Å². The molecule has 0 unspecified atom stereocenters. The summed E-state index contributed by atoms with van der Waals surface area (Å²) in [7, 11) is -2.06. The van der Waals surface area contributed by atoms with Gasteiger partial charge < -0.3 is 14.8 Å². The lowest BCUT2D eigenvalue weighted by molar-refractivity contribution is 0.0789. The average Bonchev–Trinajstić information content (AvgIpc) is 2.64. The lowest BCUT2D eigenvalue weighted by atomic mass is 10.1. The molecule has 138 valence electrons. The number of benzene rings is 2. The Balaban J connectivity index is 1.68. The van der Waals surface area contributed by atoms with Crippen LogP contribution in [0.2, 0.25) is 0 Å². The molecule has 8 heteroatoms. The van der Waals surface area contributed by atoms with Crippen molar-refractivity contribution in [3.05, 3.63) is 54.1 Å². The second-order valence-corrected chi connectivity index (χ2v) is 7.97. The number of carbonyl (C=O) groups excluding carboxylic acids is 1. The molecular formula is C18H20N2O5S. The average molecular weight is 376 g/mol. The zero-order chi connectivity index (χ0) is 18.7. The molecule has 0 aromatic heterocycles. The highest BCUT2D eigenvalue weighted by atomic mass is 32.2. The van der Waals surface area contributed by atoms with Crippen molar-refractivity contribution in [3.8, 4) is 11.5 Å². The first-order valence-electron chi connectivity index (χ1n) is 8.06. The summed E-state index contributed by atoms with van der Waals surface area (Å²) < 4.78 is 36.1. The summed E-state index contributed by atoms with van der Waals surface area (Å²) in [5.41, 5.74) is 0.594. The third-order valence-corrected chi connectivity index (χ3v) is 5.23. The predicted octanol–water partition coefficient (Wildman–Crippen LogP) is 1.65. The Morgan fingerprint density at radius 1 is 1.15 bits per heavy atom.